The highest BCUT2D eigenvalue weighted by atomic mass is 16.5. The minimum Gasteiger partial charge on any atom is -0.376 e. The van der Waals surface area contributed by atoms with Crippen molar-refractivity contribution in [2.75, 3.05) is 36.5 Å². The van der Waals surface area contributed by atoms with Gasteiger partial charge in [-0.25, -0.2) is 0 Å². The van der Waals surface area contributed by atoms with Crippen LogP contribution in [0.15, 0.2) is 18.2 Å². The number of anilines is 2. The molecular formula is C24H35N3O3. The number of amides is 2. The summed E-state index contributed by atoms with van der Waals surface area (Å²) in [5.74, 6) is 0.821. The number of carbonyl (C=O) groups is 2. The van der Waals surface area contributed by atoms with Crippen molar-refractivity contribution >= 4 is 23.2 Å². The van der Waals surface area contributed by atoms with Gasteiger partial charge in [-0.05, 0) is 62.6 Å². The van der Waals surface area contributed by atoms with E-state index in [2.05, 4.69) is 22.5 Å². The first kappa shape index (κ1) is 21.2. The Labute approximate surface area is 179 Å². The topological polar surface area (TPSA) is 70.7 Å². The summed E-state index contributed by atoms with van der Waals surface area (Å²) in [4.78, 5) is 28.0. The highest BCUT2D eigenvalue weighted by Crippen LogP contribution is 2.30. The van der Waals surface area contributed by atoms with Crippen LogP contribution in [-0.4, -0.2) is 44.2 Å². The highest BCUT2D eigenvalue weighted by molar-refractivity contribution is 6.02. The van der Waals surface area contributed by atoms with Crippen LogP contribution in [0.4, 0.5) is 11.4 Å². The minimum absolute atomic E-state index is 0.0813. The summed E-state index contributed by atoms with van der Waals surface area (Å²) < 4.78 is 5.65. The van der Waals surface area contributed by atoms with Gasteiger partial charge in [0, 0.05) is 43.5 Å². The molecule has 3 fully saturated rings. The molecule has 3 aliphatic rings. The number of nitrogens with zero attached hydrogens (tertiary/aromatic N) is 1. The zero-order chi connectivity index (χ0) is 20.9. The van der Waals surface area contributed by atoms with Crippen molar-refractivity contribution in [3.63, 3.8) is 0 Å². The third-order valence-electron chi connectivity index (χ3n) is 6.87. The number of hydrogen-bond acceptors (Lipinski definition) is 4. The fraction of sp³-hybridized carbons (Fsp3) is 0.667. The summed E-state index contributed by atoms with van der Waals surface area (Å²) in [6.45, 7) is 5.52. The largest absolute Gasteiger partial charge is 0.376 e. The summed E-state index contributed by atoms with van der Waals surface area (Å²) >= 11 is 0. The van der Waals surface area contributed by atoms with E-state index in [1.807, 2.05) is 18.2 Å². The lowest BCUT2D eigenvalue weighted by Crippen LogP contribution is -2.36. The summed E-state index contributed by atoms with van der Waals surface area (Å²) in [5, 5.41) is 6.11. The molecule has 4 rings (SSSR count). The van der Waals surface area contributed by atoms with E-state index in [0.29, 0.717) is 17.8 Å². The molecule has 2 N–H and O–H groups in total. The average molecular weight is 414 g/mol. The molecule has 1 aliphatic carbocycles. The summed E-state index contributed by atoms with van der Waals surface area (Å²) in [7, 11) is 0. The molecule has 1 aromatic carbocycles. The van der Waals surface area contributed by atoms with Crippen molar-refractivity contribution in [3.8, 4) is 0 Å². The third kappa shape index (κ3) is 5.15. The number of carbonyl (C=O) groups excluding carboxylic acids is 2. The van der Waals surface area contributed by atoms with Crippen LogP contribution < -0.4 is 15.5 Å². The van der Waals surface area contributed by atoms with Crippen LogP contribution in [0.2, 0.25) is 0 Å². The molecule has 0 aromatic heterocycles. The van der Waals surface area contributed by atoms with Crippen LogP contribution in [0.1, 0.15) is 68.6 Å². The zero-order valence-electron chi connectivity index (χ0n) is 18.1. The Morgan fingerprint density at radius 2 is 1.83 bits per heavy atom. The number of ether oxygens (including phenoxy) is 1. The van der Waals surface area contributed by atoms with Gasteiger partial charge >= 0.3 is 0 Å². The number of hydrogen-bond donors (Lipinski definition) is 2. The fourth-order valence-electron chi connectivity index (χ4n) is 4.86. The predicted octanol–water partition coefficient (Wildman–Crippen LogP) is 3.96. The van der Waals surface area contributed by atoms with Crippen LogP contribution in [-0.2, 0) is 9.53 Å². The fourth-order valence-corrected chi connectivity index (χ4v) is 4.86. The van der Waals surface area contributed by atoms with E-state index in [1.165, 1.54) is 0 Å². The molecule has 6 nitrogen and oxygen atoms in total. The molecule has 0 radical (unpaired) electrons. The van der Waals surface area contributed by atoms with E-state index in [4.69, 9.17) is 4.74 Å². The standard InChI is InChI=1S/C24H35N3O3/c1-17-10-12-27(13-11-17)22-9-8-19(26-23(28)18-5-2-3-6-18)15-21(22)24(29)25-16-20-7-4-14-30-20/h8-9,15,17-18,20H,2-7,10-14,16H2,1H3,(H,25,29)(H,26,28)/t20-/m1/s1. The first-order valence-electron chi connectivity index (χ1n) is 11.7. The van der Waals surface area contributed by atoms with Crippen LogP contribution in [0.3, 0.4) is 0 Å². The van der Waals surface area contributed by atoms with Crippen LogP contribution in [0, 0.1) is 11.8 Å². The molecule has 2 heterocycles. The molecule has 2 saturated heterocycles. The van der Waals surface area contributed by atoms with Gasteiger partial charge in [0.05, 0.1) is 11.7 Å². The molecule has 1 atom stereocenters. The van der Waals surface area contributed by atoms with Crippen LogP contribution in [0.5, 0.6) is 0 Å². The predicted molar refractivity (Wildman–Crippen MR) is 119 cm³/mol. The lowest BCUT2D eigenvalue weighted by atomic mass is 9.97. The second kappa shape index (κ2) is 9.82. The molecule has 2 aliphatic heterocycles. The van der Waals surface area contributed by atoms with Gasteiger partial charge in [0.15, 0.2) is 0 Å². The first-order valence-corrected chi connectivity index (χ1v) is 11.7. The molecule has 1 aromatic rings. The van der Waals surface area contributed by atoms with Crippen LogP contribution in [0.25, 0.3) is 0 Å². The van der Waals surface area contributed by atoms with Gasteiger partial charge in [-0.2, -0.15) is 0 Å². The summed E-state index contributed by atoms with van der Waals surface area (Å²) in [6.07, 6.45) is 8.61. The Balaban J connectivity index is 1.50. The van der Waals surface area contributed by atoms with Gasteiger partial charge in [0.1, 0.15) is 0 Å². The van der Waals surface area contributed by atoms with Gasteiger partial charge in [0.25, 0.3) is 5.91 Å². The zero-order valence-corrected chi connectivity index (χ0v) is 18.1. The maximum atomic E-state index is 13.1. The maximum Gasteiger partial charge on any atom is 0.253 e. The van der Waals surface area contributed by atoms with Crippen LogP contribution >= 0.6 is 0 Å². The minimum atomic E-state index is -0.0870. The normalized spacial score (nSPS) is 23.0. The second-order valence-electron chi connectivity index (χ2n) is 9.22. The molecule has 164 valence electrons. The Morgan fingerprint density at radius 3 is 2.53 bits per heavy atom. The molecule has 0 bridgehead atoms. The Morgan fingerprint density at radius 1 is 1.07 bits per heavy atom. The lowest BCUT2D eigenvalue weighted by molar-refractivity contribution is -0.119. The van der Waals surface area contributed by atoms with Crippen molar-refractivity contribution < 1.29 is 14.3 Å². The maximum absolute atomic E-state index is 13.1. The average Bonchev–Trinajstić information content (AvgIpc) is 3.47. The Bertz CT molecular complexity index is 746. The third-order valence-corrected chi connectivity index (χ3v) is 6.87. The SMILES string of the molecule is CC1CCN(c2ccc(NC(=O)C3CCCC3)cc2C(=O)NC[C@H]2CCCO2)CC1. The van der Waals surface area contributed by atoms with E-state index in [0.717, 1.165) is 82.7 Å². The first-order chi connectivity index (χ1) is 14.6. The van der Waals surface area contributed by atoms with Gasteiger partial charge in [-0.3, -0.25) is 9.59 Å². The molecule has 30 heavy (non-hydrogen) atoms. The van der Waals surface area contributed by atoms with E-state index in [1.54, 1.807) is 0 Å². The molecule has 0 unspecified atom stereocenters. The number of piperidine rings is 1. The summed E-state index contributed by atoms with van der Waals surface area (Å²) in [6, 6.07) is 5.80. The van der Waals surface area contributed by atoms with Crippen molar-refractivity contribution in [1.29, 1.82) is 0 Å². The van der Waals surface area contributed by atoms with E-state index in [9.17, 15) is 9.59 Å². The Hall–Kier alpha value is -2.08. The highest BCUT2D eigenvalue weighted by Gasteiger charge is 2.25. The van der Waals surface area contributed by atoms with Gasteiger partial charge in [-0.1, -0.05) is 19.8 Å². The molecule has 2 amide bonds. The quantitative estimate of drug-likeness (QED) is 0.741. The van der Waals surface area contributed by atoms with E-state index in [-0.39, 0.29) is 23.8 Å². The van der Waals surface area contributed by atoms with Crippen molar-refractivity contribution in [2.24, 2.45) is 11.8 Å². The smallest absolute Gasteiger partial charge is 0.253 e. The number of nitrogens with one attached hydrogen (secondary N) is 2. The van der Waals surface area contributed by atoms with Gasteiger partial charge in [-0.15, -0.1) is 0 Å². The van der Waals surface area contributed by atoms with Gasteiger partial charge in [0.2, 0.25) is 5.91 Å². The second-order valence-corrected chi connectivity index (χ2v) is 9.22. The molecule has 6 heteroatoms. The van der Waals surface area contributed by atoms with Crippen molar-refractivity contribution in [2.45, 2.75) is 64.4 Å². The number of benzene rings is 1. The molecule has 1 saturated carbocycles. The lowest BCUT2D eigenvalue weighted by Gasteiger charge is -2.33. The van der Waals surface area contributed by atoms with E-state index >= 15 is 0 Å². The molecule has 0 spiro atoms. The summed E-state index contributed by atoms with van der Waals surface area (Å²) in [5.41, 5.74) is 2.32. The van der Waals surface area contributed by atoms with E-state index < -0.39 is 0 Å². The Kier molecular flexibility index (Phi) is 6.93. The number of rotatable bonds is 6. The molecular weight excluding hydrogens is 378 g/mol. The van der Waals surface area contributed by atoms with Crippen molar-refractivity contribution in [1.82, 2.24) is 5.32 Å². The van der Waals surface area contributed by atoms with Gasteiger partial charge < -0.3 is 20.3 Å². The van der Waals surface area contributed by atoms with Crippen molar-refractivity contribution in [3.05, 3.63) is 23.8 Å². The monoisotopic (exact) mass is 413 g/mol.